The number of hydrogen-bond donors (Lipinski definition) is 1. The molecule has 0 saturated carbocycles. The first kappa shape index (κ1) is 14.2. The zero-order valence-electron chi connectivity index (χ0n) is 11.6. The normalized spacial score (nSPS) is 15.3. The second-order valence-corrected chi connectivity index (χ2v) is 5.17. The molecule has 1 heterocycles. The number of amides is 2. The van der Waals surface area contributed by atoms with Gasteiger partial charge in [0.1, 0.15) is 18.0 Å². The highest BCUT2D eigenvalue weighted by Gasteiger charge is 2.30. The van der Waals surface area contributed by atoms with Crippen LogP contribution in [0.3, 0.4) is 0 Å². The SMILES string of the molecule is C=C(C)C[C@H](C)C(=O)N1CC(=O)Nc2c(F)cccc21. The number of benzene rings is 1. The molecule has 1 atom stereocenters. The second-order valence-electron chi connectivity index (χ2n) is 5.17. The topological polar surface area (TPSA) is 49.4 Å². The van der Waals surface area contributed by atoms with Crippen LogP contribution in [0.2, 0.25) is 0 Å². The number of nitrogens with one attached hydrogen (secondary N) is 1. The molecule has 20 heavy (non-hydrogen) atoms. The van der Waals surface area contributed by atoms with Crippen molar-refractivity contribution >= 4 is 23.2 Å². The first-order valence-corrected chi connectivity index (χ1v) is 6.44. The molecule has 1 aromatic carbocycles. The first-order chi connectivity index (χ1) is 9.40. The molecule has 4 nitrogen and oxygen atoms in total. The van der Waals surface area contributed by atoms with Gasteiger partial charge in [-0.05, 0) is 25.5 Å². The molecule has 0 spiro atoms. The zero-order valence-corrected chi connectivity index (χ0v) is 11.6. The van der Waals surface area contributed by atoms with Crippen molar-refractivity contribution < 1.29 is 14.0 Å². The quantitative estimate of drug-likeness (QED) is 0.863. The van der Waals surface area contributed by atoms with Crippen LogP contribution in [0.1, 0.15) is 20.3 Å². The second kappa shape index (κ2) is 5.45. The van der Waals surface area contributed by atoms with Gasteiger partial charge in [-0.1, -0.05) is 18.6 Å². The van der Waals surface area contributed by atoms with E-state index in [0.29, 0.717) is 12.1 Å². The largest absolute Gasteiger partial charge is 0.320 e. The third kappa shape index (κ3) is 2.71. The molecule has 0 saturated heterocycles. The Kier molecular flexibility index (Phi) is 3.88. The number of nitrogens with zero attached hydrogens (tertiary/aromatic N) is 1. The summed E-state index contributed by atoms with van der Waals surface area (Å²) in [7, 11) is 0. The maximum atomic E-state index is 13.7. The number of fused-ring (bicyclic) bond motifs is 1. The summed E-state index contributed by atoms with van der Waals surface area (Å²) >= 11 is 0. The molecule has 0 bridgehead atoms. The van der Waals surface area contributed by atoms with E-state index in [-0.39, 0.29) is 24.1 Å². The Morgan fingerprint density at radius 1 is 1.55 bits per heavy atom. The third-order valence-electron chi connectivity index (χ3n) is 3.19. The van der Waals surface area contributed by atoms with Gasteiger partial charge in [-0.3, -0.25) is 9.59 Å². The van der Waals surface area contributed by atoms with Gasteiger partial charge in [-0.2, -0.15) is 0 Å². The van der Waals surface area contributed by atoms with Crippen LogP contribution in [0, 0.1) is 11.7 Å². The van der Waals surface area contributed by atoms with Crippen LogP contribution < -0.4 is 10.2 Å². The van der Waals surface area contributed by atoms with E-state index in [0.717, 1.165) is 5.57 Å². The molecule has 106 valence electrons. The Morgan fingerprint density at radius 3 is 2.90 bits per heavy atom. The number of carbonyl (C=O) groups is 2. The van der Waals surface area contributed by atoms with Crippen molar-refractivity contribution in [3.63, 3.8) is 0 Å². The molecule has 0 radical (unpaired) electrons. The Bertz CT molecular complexity index is 583. The van der Waals surface area contributed by atoms with Crippen molar-refractivity contribution in [2.75, 3.05) is 16.8 Å². The number of anilines is 2. The summed E-state index contributed by atoms with van der Waals surface area (Å²) in [6, 6.07) is 4.41. The Morgan fingerprint density at radius 2 is 2.25 bits per heavy atom. The maximum absolute atomic E-state index is 13.7. The lowest BCUT2D eigenvalue weighted by Gasteiger charge is -2.31. The highest BCUT2D eigenvalue weighted by Crippen LogP contribution is 2.33. The van der Waals surface area contributed by atoms with Crippen molar-refractivity contribution in [1.82, 2.24) is 0 Å². The van der Waals surface area contributed by atoms with E-state index in [1.54, 1.807) is 13.0 Å². The van der Waals surface area contributed by atoms with Gasteiger partial charge in [0.15, 0.2) is 0 Å². The lowest BCUT2D eigenvalue weighted by molar-refractivity contribution is -0.124. The van der Waals surface area contributed by atoms with E-state index < -0.39 is 11.7 Å². The molecule has 1 aliphatic heterocycles. The molecule has 0 unspecified atom stereocenters. The number of allylic oxidation sites excluding steroid dienone is 1. The maximum Gasteiger partial charge on any atom is 0.244 e. The smallest absolute Gasteiger partial charge is 0.244 e. The highest BCUT2D eigenvalue weighted by atomic mass is 19.1. The highest BCUT2D eigenvalue weighted by molar-refractivity contribution is 6.10. The fourth-order valence-electron chi connectivity index (χ4n) is 2.34. The molecule has 5 heteroatoms. The summed E-state index contributed by atoms with van der Waals surface area (Å²) < 4.78 is 13.7. The van der Waals surface area contributed by atoms with Crippen LogP contribution in [0.25, 0.3) is 0 Å². The van der Waals surface area contributed by atoms with Gasteiger partial charge in [0.05, 0.1) is 5.69 Å². The molecule has 1 aliphatic rings. The van der Waals surface area contributed by atoms with Crippen LogP contribution in [0.15, 0.2) is 30.4 Å². The van der Waals surface area contributed by atoms with Crippen molar-refractivity contribution in [3.8, 4) is 0 Å². The summed E-state index contributed by atoms with van der Waals surface area (Å²) in [6.07, 6.45) is 0.543. The fourth-order valence-corrected chi connectivity index (χ4v) is 2.34. The van der Waals surface area contributed by atoms with Gasteiger partial charge in [0.25, 0.3) is 0 Å². The van der Waals surface area contributed by atoms with Gasteiger partial charge >= 0.3 is 0 Å². The molecular formula is C15H17FN2O2. The minimum Gasteiger partial charge on any atom is -0.320 e. The number of para-hydroxylation sites is 1. The number of carbonyl (C=O) groups excluding carboxylic acids is 2. The van der Waals surface area contributed by atoms with Crippen LogP contribution in [-0.4, -0.2) is 18.4 Å². The molecule has 2 amide bonds. The van der Waals surface area contributed by atoms with E-state index in [9.17, 15) is 14.0 Å². The minimum absolute atomic E-state index is 0.0691. The lowest BCUT2D eigenvalue weighted by Crippen LogP contribution is -2.44. The first-order valence-electron chi connectivity index (χ1n) is 6.44. The molecule has 1 aromatic rings. The van der Waals surface area contributed by atoms with Crippen LogP contribution in [0.4, 0.5) is 15.8 Å². The van der Waals surface area contributed by atoms with Gasteiger partial charge in [-0.25, -0.2) is 4.39 Å². The van der Waals surface area contributed by atoms with Gasteiger partial charge in [0.2, 0.25) is 11.8 Å². The third-order valence-corrected chi connectivity index (χ3v) is 3.19. The van der Waals surface area contributed by atoms with E-state index in [1.807, 2.05) is 6.92 Å². The van der Waals surface area contributed by atoms with E-state index in [4.69, 9.17) is 0 Å². The molecular weight excluding hydrogens is 259 g/mol. The summed E-state index contributed by atoms with van der Waals surface area (Å²) in [5, 5.41) is 2.47. The van der Waals surface area contributed by atoms with Crippen LogP contribution in [0.5, 0.6) is 0 Å². The minimum atomic E-state index is -0.541. The fraction of sp³-hybridized carbons (Fsp3) is 0.333. The summed E-state index contributed by atoms with van der Waals surface area (Å²) in [5.74, 6) is -1.43. The molecule has 0 aromatic heterocycles. The van der Waals surface area contributed by atoms with Crippen molar-refractivity contribution in [1.29, 1.82) is 0 Å². The van der Waals surface area contributed by atoms with Crippen LogP contribution >= 0.6 is 0 Å². The van der Waals surface area contributed by atoms with E-state index >= 15 is 0 Å². The predicted octanol–water partition coefficient (Wildman–Crippen LogP) is 2.71. The van der Waals surface area contributed by atoms with Crippen molar-refractivity contribution in [2.24, 2.45) is 5.92 Å². The van der Waals surface area contributed by atoms with Crippen LogP contribution in [-0.2, 0) is 9.59 Å². The molecule has 1 N–H and O–H groups in total. The van der Waals surface area contributed by atoms with E-state index in [1.165, 1.54) is 17.0 Å². The molecule has 0 aliphatic carbocycles. The van der Waals surface area contributed by atoms with Gasteiger partial charge in [-0.15, -0.1) is 6.58 Å². The number of rotatable bonds is 3. The van der Waals surface area contributed by atoms with Gasteiger partial charge in [0, 0.05) is 5.92 Å². The standard InChI is InChI=1S/C15H17FN2O2/c1-9(2)7-10(3)15(20)18-8-13(19)17-14-11(16)5-4-6-12(14)18/h4-6,10H,1,7-8H2,2-3H3,(H,17,19)/t10-/m0/s1. The average molecular weight is 276 g/mol. The predicted molar refractivity (Wildman–Crippen MR) is 76.0 cm³/mol. The summed E-state index contributed by atoms with van der Waals surface area (Å²) in [4.78, 5) is 25.4. The van der Waals surface area contributed by atoms with Crippen molar-refractivity contribution in [2.45, 2.75) is 20.3 Å². The Hall–Kier alpha value is -2.17. The average Bonchev–Trinajstić information content (AvgIpc) is 2.37. The molecule has 2 rings (SSSR count). The summed E-state index contributed by atoms with van der Waals surface area (Å²) in [6.45, 7) is 7.33. The Labute approximate surface area is 117 Å². The Balaban J connectivity index is 2.34. The number of hydrogen-bond acceptors (Lipinski definition) is 2. The summed E-state index contributed by atoms with van der Waals surface area (Å²) in [5.41, 5.74) is 1.37. The van der Waals surface area contributed by atoms with Crippen molar-refractivity contribution in [3.05, 3.63) is 36.2 Å². The lowest BCUT2D eigenvalue weighted by atomic mass is 10.0. The zero-order chi connectivity index (χ0) is 14.9. The van der Waals surface area contributed by atoms with E-state index in [2.05, 4.69) is 11.9 Å². The number of halogens is 1. The monoisotopic (exact) mass is 276 g/mol. The van der Waals surface area contributed by atoms with Gasteiger partial charge < -0.3 is 10.2 Å². The molecule has 0 fully saturated rings.